The van der Waals surface area contributed by atoms with Gasteiger partial charge >= 0.3 is 6.03 Å². The molecule has 5 aliphatic rings. The predicted molar refractivity (Wildman–Crippen MR) is 133 cm³/mol. The molecule has 4 heteroatoms. The van der Waals surface area contributed by atoms with Crippen molar-refractivity contribution in [2.24, 2.45) is 63.9 Å². The van der Waals surface area contributed by atoms with E-state index in [1.165, 1.54) is 70.6 Å². The average molecular weight is 459 g/mol. The Kier molecular flexibility index (Phi) is 6.55. The molecule has 0 aromatic rings. The van der Waals surface area contributed by atoms with Gasteiger partial charge in [0.25, 0.3) is 0 Å². The van der Waals surface area contributed by atoms with E-state index in [-0.39, 0.29) is 6.10 Å². The summed E-state index contributed by atoms with van der Waals surface area (Å²) in [6.45, 7) is 8.27. The van der Waals surface area contributed by atoms with Crippen LogP contribution in [0.25, 0.3) is 0 Å². The summed E-state index contributed by atoms with van der Waals surface area (Å²) in [6.07, 6.45) is 17.2. The zero-order valence-electron chi connectivity index (χ0n) is 21.5. The minimum atomic E-state index is -0.406. The van der Waals surface area contributed by atoms with Crippen molar-refractivity contribution in [1.82, 2.24) is 5.32 Å². The molecule has 188 valence electrons. The second-order valence-corrected chi connectivity index (χ2v) is 13.4. The number of primary amides is 1. The summed E-state index contributed by atoms with van der Waals surface area (Å²) in [4.78, 5) is 11.0. The second-order valence-electron chi connectivity index (χ2n) is 13.4. The maximum atomic E-state index is 12.0. The van der Waals surface area contributed by atoms with Crippen LogP contribution in [-0.2, 0) is 0 Å². The van der Waals surface area contributed by atoms with Gasteiger partial charge in [0.2, 0.25) is 0 Å². The monoisotopic (exact) mass is 458 g/mol. The Morgan fingerprint density at radius 1 is 0.970 bits per heavy atom. The van der Waals surface area contributed by atoms with Gasteiger partial charge in [0.05, 0.1) is 6.10 Å². The highest BCUT2D eigenvalue weighted by Crippen LogP contribution is 2.70. The van der Waals surface area contributed by atoms with Crippen molar-refractivity contribution in [2.75, 3.05) is 6.54 Å². The number of amides is 2. The molecule has 4 N–H and O–H groups in total. The first-order valence-corrected chi connectivity index (χ1v) is 14.5. The van der Waals surface area contributed by atoms with E-state index in [1.807, 2.05) is 0 Å². The van der Waals surface area contributed by atoms with Crippen LogP contribution in [0, 0.1) is 58.2 Å². The van der Waals surface area contributed by atoms with Crippen LogP contribution in [0.5, 0.6) is 0 Å². The maximum Gasteiger partial charge on any atom is 0.312 e. The van der Waals surface area contributed by atoms with Gasteiger partial charge in [-0.15, -0.1) is 0 Å². The molecule has 5 fully saturated rings. The summed E-state index contributed by atoms with van der Waals surface area (Å²) < 4.78 is 0. The molecule has 4 nitrogen and oxygen atoms in total. The molecule has 0 radical (unpaired) electrons. The van der Waals surface area contributed by atoms with Crippen molar-refractivity contribution >= 4 is 6.03 Å². The number of fused-ring (bicyclic) bond motifs is 5. The molecule has 0 aromatic carbocycles. The largest absolute Gasteiger partial charge is 0.393 e. The van der Waals surface area contributed by atoms with Crippen molar-refractivity contribution in [3.8, 4) is 0 Å². The molecule has 0 heterocycles. The SMILES string of the molecule is CC[C@H]1[C@@H](O)[C@@H]2[C@H](CC[C@]3(C)[C@@H](CCCNC(N)=O)CC[C@@H]23)[C@@]2(C)CC[C@@H](C3CCC3)C[C@@H]12. The van der Waals surface area contributed by atoms with E-state index in [0.717, 1.165) is 42.4 Å². The third-order valence-corrected chi connectivity index (χ3v) is 12.5. The third-order valence-electron chi connectivity index (χ3n) is 12.5. The van der Waals surface area contributed by atoms with Gasteiger partial charge in [0.1, 0.15) is 0 Å². The van der Waals surface area contributed by atoms with Crippen molar-refractivity contribution in [3.63, 3.8) is 0 Å². The lowest BCUT2D eigenvalue weighted by Crippen LogP contribution is -2.62. The predicted octanol–water partition coefficient (Wildman–Crippen LogP) is 6.12. The zero-order chi connectivity index (χ0) is 23.4. The van der Waals surface area contributed by atoms with Gasteiger partial charge in [-0.1, -0.05) is 46.5 Å². The number of aliphatic hydroxyl groups excluding tert-OH is 1. The van der Waals surface area contributed by atoms with Crippen molar-refractivity contribution in [3.05, 3.63) is 0 Å². The van der Waals surface area contributed by atoms with Crippen LogP contribution < -0.4 is 11.1 Å². The molecule has 0 aromatic heterocycles. The number of urea groups is 1. The fourth-order valence-corrected chi connectivity index (χ4v) is 10.5. The molecule has 5 saturated carbocycles. The van der Waals surface area contributed by atoms with Crippen molar-refractivity contribution < 1.29 is 9.90 Å². The van der Waals surface area contributed by atoms with Gasteiger partial charge < -0.3 is 16.2 Å². The Balaban J connectivity index is 1.34. The summed E-state index contributed by atoms with van der Waals surface area (Å²) in [5.41, 5.74) is 6.06. The molecular formula is C29H50N2O2. The van der Waals surface area contributed by atoms with Gasteiger partial charge in [0, 0.05) is 6.54 Å². The number of nitrogens with one attached hydrogen (secondary N) is 1. The van der Waals surface area contributed by atoms with Crippen molar-refractivity contribution in [2.45, 2.75) is 110 Å². The fraction of sp³-hybridized carbons (Fsp3) is 0.966. The fourth-order valence-electron chi connectivity index (χ4n) is 10.5. The van der Waals surface area contributed by atoms with E-state index in [0.29, 0.717) is 35.1 Å². The summed E-state index contributed by atoms with van der Waals surface area (Å²) in [5, 5.41) is 14.7. The minimum absolute atomic E-state index is 0.0990. The third kappa shape index (κ3) is 3.85. The lowest BCUT2D eigenvalue weighted by molar-refractivity contribution is -0.201. The number of nitrogens with two attached hydrogens (primary N) is 1. The lowest BCUT2D eigenvalue weighted by Gasteiger charge is -2.65. The highest BCUT2D eigenvalue weighted by molar-refractivity contribution is 5.71. The molecule has 33 heavy (non-hydrogen) atoms. The molecule has 2 amide bonds. The lowest BCUT2D eigenvalue weighted by atomic mass is 9.40. The first kappa shape index (κ1) is 23.9. The molecule has 0 saturated heterocycles. The van der Waals surface area contributed by atoms with Gasteiger partial charge in [-0.2, -0.15) is 0 Å². The minimum Gasteiger partial charge on any atom is -0.393 e. The normalized spacial score (nSPS) is 49.5. The quantitative estimate of drug-likeness (QED) is 0.420. The Morgan fingerprint density at radius 3 is 2.36 bits per heavy atom. The average Bonchev–Trinajstić information content (AvgIpc) is 3.07. The van der Waals surface area contributed by atoms with Gasteiger partial charge in [-0.3, -0.25) is 0 Å². The van der Waals surface area contributed by atoms with Gasteiger partial charge in [-0.25, -0.2) is 4.79 Å². The van der Waals surface area contributed by atoms with Gasteiger partial charge in [0.15, 0.2) is 0 Å². The highest BCUT2D eigenvalue weighted by atomic mass is 16.3. The van der Waals surface area contributed by atoms with Crippen molar-refractivity contribution in [1.29, 1.82) is 0 Å². The van der Waals surface area contributed by atoms with Crippen LogP contribution in [0.15, 0.2) is 0 Å². The molecule has 10 atom stereocenters. The molecule has 5 aliphatic carbocycles. The number of hydrogen-bond acceptors (Lipinski definition) is 2. The first-order valence-electron chi connectivity index (χ1n) is 14.5. The smallest absolute Gasteiger partial charge is 0.312 e. The van der Waals surface area contributed by atoms with E-state index < -0.39 is 6.03 Å². The van der Waals surface area contributed by atoms with Crippen LogP contribution in [-0.4, -0.2) is 23.8 Å². The summed E-state index contributed by atoms with van der Waals surface area (Å²) in [7, 11) is 0. The second kappa shape index (κ2) is 9.03. The van der Waals surface area contributed by atoms with E-state index in [2.05, 4.69) is 26.1 Å². The Bertz CT molecular complexity index is 722. The maximum absolute atomic E-state index is 12.0. The van der Waals surface area contributed by atoms with Crippen LogP contribution >= 0.6 is 0 Å². The summed E-state index contributed by atoms with van der Waals surface area (Å²) >= 11 is 0. The first-order chi connectivity index (χ1) is 15.8. The Morgan fingerprint density at radius 2 is 1.70 bits per heavy atom. The van der Waals surface area contributed by atoms with Crippen LogP contribution in [0.3, 0.4) is 0 Å². The number of rotatable bonds is 6. The number of hydrogen-bond donors (Lipinski definition) is 3. The Hall–Kier alpha value is -0.770. The Labute approximate surface area is 202 Å². The number of carbonyl (C=O) groups is 1. The summed E-state index contributed by atoms with van der Waals surface area (Å²) in [5.74, 6) is 5.80. The number of aliphatic hydroxyl groups is 1. The molecular weight excluding hydrogens is 408 g/mol. The van der Waals surface area contributed by atoms with E-state index in [9.17, 15) is 9.90 Å². The highest BCUT2D eigenvalue weighted by Gasteiger charge is 2.64. The van der Waals surface area contributed by atoms with Gasteiger partial charge in [-0.05, 0) is 116 Å². The molecule has 5 rings (SSSR count). The van der Waals surface area contributed by atoms with Crippen LogP contribution in [0.2, 0.25) is 0 Å². The zero-order valence-corrected chi connectivity index (χ0v) is 21.5. The standard InChI is InChI=1S/C29H50N2O2/c1-4-21-24-17-19(18-7-5-8-18)12-14-29(24,3)23-13-15-28(2)20(9-6-16-31-27(30)33)10-11-22(28)25(23)26(21)32/h18-26,32H,4-17H2,1-3H3,(H3,30,31,33)/t19-,20+,21-,22+,23+,24+,25+,26-,28-,29-/m1/s1. The molecule has 0 unspecified atom stereocenters. The van der Waals surface area contributed by atoms with E-state index in [4.69, 9.17) is 5.73 Å². The van der Waals surface area contributed by atoms with Crippen LogP contribution in [0.4, 0.5) is 4.79 Å². The molecule has 0 bridgehead atoms. The summed E-state index contributed by atoms with van der Waals surface area (Å²) in [6, 6.07) is -0.406. The molecule has 0 spiro atoms. The van der Waals surface area contributed by atoms with Crippen LogP contribution in [0.1, 0.15) is 104 Å². The molecule has 0 aliphatic heterocycles. The van der Waals surface area contributed by atoms with E-state index >= 15 is 0 Å². The van der Waals surface area contributed by atoms with E-state index in [1.54, 1.807) is 0 Å². The number of carbonyl (C=O) groups excluding carboxylic acids is 1. The topological polar surface area (TPSA) is 75.3 Å².